The summed E-state index contributed by atoms with van der Waals surface area (Å²) in [6.45, 7) is 5.15. The summed E-state index contributed by atoms with van der Waals surface area (Å²) in [6.07, 6.45) is 3.97. The molecule has 1 aromatic heterocycles. The van der Waals surface area contributed by atoms with Crippen LogP contribution in [-0.2, 0) is 4.74 Å². The van der Waals surface area contributed by atoms with E-state index in [9.17, 15) is 0 Å². The van der Waals surface area contributed by atoms with Crippen molar-refractivity contribution < 1.29 is 4.74 Å². The van der Waals surface area contributed by atoms with E-state index in [1.807, 2.05) is 12.1 Å². The van der Waals surface area contributed by atoms with Crippen LogP contribution < -0.4 is 5.73 Å². The first-order chi connectivity index (χ1) is 8.58. The third-order valence-corrected chi connectivity index (χ3v) is 4.94. The highest BCUT2D eigenvalue weighted by molar-refractivity contribution is 7.16. The molecule has 0 aliphatic heterocycles. The van der Waals surface area contributed by atoms with Crippen LogP contribution in [0.25, 0.3) is 0 Å². The Morgan fingerprint density at radius 2 is 2.00 bits per heavy atom. The Kier molecular flexibility index (Phi) is 5.07. The van der Waals surface area contributed by atoms with Gasteiger partial charge >= 0.3 is 0 Å². The number of rotatable bonds is 4. The van der Waals surface area contributed by atoms with E-state index in [1.165, 1.54) is 6.42 Å². The third kappa shape index (κ3) is 3.70. The summed E-state index contributed by atoms with van der Waals surface area (Å²) in [6, 6.07) is 3.94. The summed E-state index contributed by atoms with van der Waals surface area (Å²) in [4.78, 5) is 1.15. The lowest BCUT2D eigenvalue weighted by Gasteiger charge is -2.33. The second-order valence-electron chi connectivity index (χ2n) is 5.54. The molecule has 0 aromatic carbocycles. The first-order valence-corrected chi connectivity index (χ1v) is 7.88. The van der Waals surface area contributed by atoms with Crippen LogP contribution in [0.5, 0.6) is 0 Å². The van der Waals surface area contributed by atoms with Crippen LogP contribution in [0.15, 0.2) is 12.1 Å². The third-order valence-electron chi connectivity index (χ3n) is 3.62. The summed E-state index contributed by atoms with van der Waals surface area (Å²) >= 11 is 7.54. The largest absolute Gasteiger partial charge is 0.368 e. The Morgan fingerprint density at radius 3 is 2.50 bits per heavy atom. The molecule has 0 radical (unpaired) electrons. The minimum absolute atomic E-state index is 0.00463. The molecule has 2 rings (SSSR count). The highest BCUT2D eigenvalue weighted by atomic mass is 35.5. The van der Waals surface area contributed by atoms with Gasteiger partial charge in [-0.05, 0) is 43.2 Å². The van der Waals surface area contributed by atoms with E-state index in [2.05, 4.69) is 13.8 Å². The van der Waals surface area contributed by atoms with Gasteiger partial charge < -0.3 is 10.5 Å². The fourth-order valence-electron chi connectivity index (χ4n) is 2.96. The number of nitrogens with two attached hydrogens (primary N) is 1. The summed E-state index contributed by atoms with van der Waals surface area (Å²) < 4.78 is 7.01. The molecule has 0 amide bonds. The smallest absolute Gasteiger partial charge is 0.104 e. The average molecular weight is 288 g/mol. The van der Waals surface area contributed by atoms with E-state index in [4.69, 9.17) is 22.1 Å². The molecule has 2 nitrogen and oxygen atoms in total. The zero-order valence-corrected chi connectivity index (χ0v) is 12.6. The number of hydrogen-bond donors (Lipinski definition) is 1. The van der Waals surface area contributed by atoms with Gasteiger partial charge in [0.1, 0.15) is 6.10 Å². The predicted octanol–water partition coefficient (Wildman–Crippen LogP) is 4.24. The second-order valence-corrected chi connectivity index (χ2v) is 7.29. The maximum Gasteiger partial charge on any atom is 0.104 e. The van der Waals surface area contributed by atoms with Gasteiger partial charge in [0, 0.05) is 11.4 Å². The van der Waals surface area contributed by atoms with Crippen molar-refractivity contribution >= 4 is 22.9 Å². The number of thiophene rings is 1. The molecular weight excluding hydrogens is 266 g/mol. The maximum atomic E-state index is 6.21. The minimum atomic E-state index is 0.00463. The molecule has 1 heterocycles. The molecule has 1 aromatic rings. The standard InChI is InChI=1S/C14H22ClNOS/c1-9-5-10(2)7-11(6-9)17-12(8-16)13-3-4-14(15)18-13/h3-4,9-12H,5-8,16H2,1-2H3. The zero-order valence-electron chi connectivity index (χ0n) is 11.1. The molecule has 2 N–H and O–H groups in total. The average Bonchev–Trinajstić information content (AvgIpc) is 2.71. The van der Waals surface area contributed by atoms with Crippen molar-refractivity contribution in [3.63, 3.8) is 0 Å². The van der Waals surface area contributed by atoms with Crippen LogP contribution in [0.4, 0.5) is 0 Å². The van der Waals surface area contributed by atoms with Crippen molar-refractivity contribution in [1.29, 1.82) is 0 Å². The first-order valence-electron chi connectivity index (χ1n) is 6.69. The number of ether oxygens (including phenoxy) is 1. The molecule has 0 spiro atoms. The monoisotopic (exact) mass is 287 g/mol. The summed E-state index contributed by atoms with van der Waals surface area (Å²) in [7, 11) is 0. The van der Waals surface area contributed by atoms with Crippen molar-refractivity contribution in [2.75, 3.05) is 6.54 Å². The molecule has 3 atom stereocenters. The summed E-state index contributed by atoms with van der Waals surface area (Å²) in [5, 5.41) is 0. The highest BCUT2D eigenvalue weighted by Crippen LogP contribution is 2.35. The summed E-state index contributed by atoms with van der Waals surface area (Å²) in [5.41, 5.74) is 5.84. The Morgan fingerprint density at radius 1 is 1.33 bits per heavy atom. The molecule has 18 heavy (non-hydrogen) atoms. The minimum Gasteiger partial charge on any atom is -0.368 e. The normalized spacial score (nSPS) is 30.3. The molecule has 1 fully saturated rings. The van der Waals surface area contributed by atoms with Crippen molar-refractivity contribution in [3.05, 3.63) is 21.3 Å². The van der Waals surface area contributed by atoms with Crippen molar-refractivity contribution in [2.45, 2.75) is 45.3 Å². The maximum absolute atomic E-state index is 6.21. The molecule has 0 saturated heterocycles. The van der Waals surface area contributed by atoms with Gasteiger partial charge in [0.05, 0.1) is 10.4 Å². The quantitative estimate of drug-likeness (QED) is 0.899. The van der Waals surface area contributed by atoms with Crippen LogP contribution in [0.3, 0.4) is 0 Å². The molecule has 1 aliphatic rings. The summed E-state index contributed by atoms with van der Waals surface area (Å²) in [5.74, 6) is 1.51. The predicted molar refractivity (Wildman–Crippen MR) is 78.2 cm³/mol. The molecule has 102 valence electrons. The van der Waals surface area contributed by atoms with Crippen LogP contribution >= 0.6 is 22.9 Å². The lowest BCUT2D eigenvalue weighted by atomic mass is 9.81. The fraction of sp³-hybridized carbons (Fsp3) is 0.714. The molecule has 3 unspecified atom stereocenters. The van der Waals surface area contributed by atoms with E-state index in [-0.39, 0.29) is 6.10 Å². The lowest BCUT2D eigenvalue weighted by molar-refractivity contribution is -0.0451. The lowest BCUT2D eigenvalue weighted by Crippen LogP contribution is -2.29. The van der Waals surface area contributed by atoms with E-state index in [1.54, 1.807) is 11.3 Å². The molecule has 1 saturated carbocycles. The second kappa shape index (κ2) is 6.38. The van der Waals surface area contributed by atoms with Crippen LogP contribution in [0.1, 0.15) is 44.1 Å². The Balaban J connectivity index is 1.97. The molecule has 1 aliphatic carbocycles. The van der Waals surface area contributed by atoms with Crippen LogP contribution in [0, 0.1) is 11.8 Å². The number of hydrogen-bond acceptors (Lipinski definition) is 3. The van der Waals surface area contributed by atoms with Gasteiger partial charge in [0.25, 0.3) is 0 Å². The Hall–Kier alpha value is -0.0900. The Labute approximate surface area is 118 Å². The Bertz CT molecular complexity index is 372. The molecular formula is C14H22ClNOS. The van der Waals surface area contributed by atoms with Gasteiger partial charge in [-0.25, -0.2) is 0 Å². The van der Waals surface area contributed by atoms with Crippen molar-refractivity contribution in [3.8, 4) is 0 Å². The van der Waals surface area contributed by atoms with E-state index in [0.717, 1.165) is 33.9 Å². The van der Waals surface area contributed by atoms with Gasteiger partial charge in [-0.3, -0.25) is 0 Å². The van der Waals surface area contributed by atoms with Crippen LogP contribution in [0.2, 0.25) is 4.34 Å². The van der Waals surface area contributed by atoms with E-state index >= 15 is 0 Å². The van der Waals surface area contributed by atoms with Crippen LogP contribution in [-0.4, -0.2) is 12.6 Å². The van der Waals surface area contributed by atoms with Gasteiger partial charge in [-0.2, -0.15) is 0 Å². The van der Waals surface area contributed by atoms with E-state index < -0.39 is 0 Å². The van der Waals surface area contributed by atoms with Gasteiger partial charge in [0.2, 0.25) is 0 Å². The topological polar surface area (TPSA) is 35.2 Å². The van der Waals surface area contributed by atoms with Gasteiger partial charge in [0.15, 0.2) is 0 Å². The van der Waals surface area contributed by atoms with Crippen molar-refractivity contribution in [1.82, 2.24) is 0 Å². The zero-order chi connectivity index (χ0) is 13.1. The number of halogens is 1. The fourth-order valence-corrected chi connectivity index (χ4v) is 4.07. The molecule has 4 heteroatoms. The van der Waals surface area contributed by atoms with Gasteiger partial charge in [-0.1, -0.05) is 25.4 Å². The van der Waals surface area contributed by atoms with Gasteiger partial charge in [-0.15, -0.1) is 11.3 Å². The molecule has 0 bridgehead atoms. The SMILES string of the molecule is CC1CC(C)CC(OC(CN)c2ccc(Cl)s2)C1. The van der Waals surface area contributed by atoms with Crippen molar-refractivity contribution in [2.24, 2.45) is 17.6 Å². The highest BCUT2D eigenvalue weighted by Gasteiger charge is 2.27. The van der Waals surface area contributed by atoms with E-state index in [0.29, 0.717) is 12.6 Å². The first kappa shape index (κ1) is 14.3.